The Morgan fingerprint density at radius 1 is 0.650 bits per heavy atom. The van der Waals surface area contributed by atoms with Crippen LogP contribution in [0, 0.1) is 11.8 Å². The third-order valence-electron chi connectivity index (χ3n) is 13.0. The Bertz CT molecular complexity index is 2510. The summed E-state index contributed by atoms with van der Waals surface area (Å²) >= 11 is 0. The van der Waals surface area contributed by atoms with E-state index in [2.05, 4.69) is 98.0 Å². The van der Waals surface area contributed by atoms with Crippen molar-refractivity contribution in [3.05, 3.63) is 122 Å². The van der Waals surface area contributed by atoms with E-state index in [1.807, 2.05) is 57.0 Å². The van der Waals surface area contributed by atoms with Crippen molar-refractivity contribution in [3.8, 4) is 22.3 Å². The molecular weight excluding hydrogens is 749 g/mol. The number of amides is 1. The Kier molecular flexibility index (Phi) is 11.4. The molecule has 310 valence electrons. The van der Waals surface area contributed by atoms with E-state index < -0.39 is 0 Å². The quantitative estimate of drug-likeness (QED) is 0.156. The summed E-state index contributed by atoms with van der Waals surface area (Å²) in [6, 6.07) is 27.4. The maximum absolute atomic E-state index is 12.8. The summed E-state index contributed by atoms with van der Waals surface area (Å²) in [5.41, 5.74) is 8.01. The maximum atomic E-state index is 12.8. The minimum Gasteiger partial charge on any atom is -0.357 e. The molecule has 60 heavy (non-hydrogen) atoms. The summed E-state index contributed by atoms with van der Waals surface area (Å²) in [4.78, 5) is 14.8. The van der Waals surface area contributed by atoms with Crippen LogP contribution in [0.25, 0.3) is 44.1 Å². The minimum absolute atomic E-state index is 0.0621. The number of carbonyl (C=O) groups excluding carboxylic acids is 1. The third-order valence-corrected chi connectivity index (χ3v) is 13.0. The van der Waals surface area contributed by atoms with Gasteiger partial charge in [0.15, 0.2) is 0 Å². The fourth-order valence-electron chi connectivity index (χ4n) is 9.59. The molecule has 4 fully saturated rings. The number of benzene rings is 3. The Balaban J connectivity index is 0.000000149. The molecule has 0 saturated carbocycles. The number of fused-ring (bicyclic) bond motifs is 2. The first kappa shape index (κ1) is 38.7. The minimum atomic E-state index is 0.0621. The Hall–Kier alpha value is -5.49. The first-order chi connectivity index (χ1) is 29.6. The standard InChI is InChI=1S/C28H30N4O2.C21H26N4O/c33-28(22-6-2-1-3-7-22)31-13-11-21(19-31)18-30-14-12-24-16-23(9-10-26(24)30)25-17-29-32(20-25)27-8-4-5-15-34-27;1-2-10-26-21(3-1)25-15-19(13-23-25)17-4-5-20-18(11-17)7-9-24(20)14-16-6-8-22-12-16/h1-3,6-7,9-10,12,14,16-17,20-21,27H,4-5,8,11,13,15,18-19H2;4-5,7,9,11,13,15-16,21-22H,1-3,6,8,10,12,14H2. The molecule has 0 radical (unpaired) electrons. The fourth-order valence-corrected chi connectivity index (χ4v) is 9.59. The largest absolute Gasteiger partial charge is 0.357 e. The maximum Gasteiger partial charge on any atom is 0.253 e. The van der Waals surface area contributed by atoms with Crippen LogP contribution in [-0.4, -0.2) is 78.9 Å². The van der Waals surface area contributed by atoms with E-state index in [1.165, 1.54) is 52.2 Å². The molecular formula is C49H56N8O3. The zero-order chi connectivity index (χ0) is 40.3. The number of ether oxygens (including phenoxy) is 2. The van der Waals surface area contributed by atoms with E-state index in [-0.39, 0.29) is 18.4 Å². The van der Waals surface area contributed by atoms with Gasteiger partial charge in [0.25, 0.3) is 5.91 Å². The molecule has 11 nitrogen and oxygen atoms in total. The highest BCUT2D eigenvalue weighted by Crippen LogP contribution is 2.31. The highest BCUT2D eigenvalue weighted by atomic mass is 16.5. The predicted molar refractivity (Wildman–Crippen MR) is 235 cm³/mol. The van der Waals surface area contributed by atoms with Crippen molar-refractivity contribution in [1.82, 2.24) is 38.9 Å². The van der Waals surface area contributed by atoms with E-state index in [1.54, 1.807) is 0 Å². The van der Waals surface area contributed by atoms with E-state index in [0.717, 1.165) is 107 Å². The van der Waals surface area contributed by atoms with Crippen molar-refractivity contribution in [3.63, 3.8) is 0 Å². The van der Waals surface area contributed by atoms with Crippen molar-refractivity contribution in [2.45, 2.75) is 76.9 Å². The number of hydrogen-bond acceptors (Lipinski definition) is 6. The van der Waals surface area contributed by atoms with Crippen LogP contribution < -0.4 is 5.32 Å². The Labute approximate surface area is 351 Å². The number of carbonyl (C=O) groups is 1. The molecule has 11 heteroatoms. The molecule has 4 aliphatic rings. The van der Waals surface area contributed by atoms with E-state index in [4.69, 9.17) is 9.47 Å². The van der Waals surface area contributed by atoms with Gasteiger partial charge in [-0.2, -0.15) is 10.2 Å². The summed E-state index contributed by atoms with van der Waals surface area (Å²) in [5, 5.41) is 15.1. The van der Waals surface area contributed by atoms with Gasteiger partial charge in [0.1, 0.15) is 12.5 Å². The van der Waals surface area contributed by atoms with Crippen molar-refractivity contribution in [1.29, 1.82) is 0 Å². The number of aromatic nitrogens is 6. The van der Waals surface area contributed by atoms with E-state index >= 15 is 0 Å². The summed E-state index contributed by atoms with van der Waals surface area (Å²) in [6.45, 7) is 7.63. The van der Waals surface area contributed by atoms with Crippen LogP contribution in [0.3, 0.4) is 0 Å². The first-order valence-corrected chi connectivity index (χ1v) is 22.2. The summed E-state index contributed by atoms with van der Waals surface area (Å²) in [5.74, 6) is 1.36. The van der Waals surface area contributed by atoms with Gasteiger partial charge in [-0.05, 0) is 136 Å². The van der Waals surface area contributed by atoms with E-state index in [9.17, 15) is 4.79 Å². The zero-order valence-corrected chi connectivity index (χ0v) is 34.4. The summed E-state index contributed by atoms with van der Waals surface area (Å²) in [7, 11) is 0. The van der Waals surface area contributed by atoms with Gasteiger partial charge >= 0.3 is 0 Å². The molecule has 0 aliphatic carbocycles. The van der Waals surface area contributed by atoms with Gasteiger partial charge in [-0.1, -0.05) is 30.3 Å². The van der Waals surface area contributed by atoms with Crippen LogP contribution >= 0.6 is 0 Å². The number of likely N-dealkylation sites (tertiary alicyclic amines) is 1. The molecule has 8 heterocycles. The highest BCUT2D eigenvalue weighted by Gasteiger charge is 2.27. The number of nitrogens with zero attached hydrogens (tertiary/aromatic N) is 7. The average Bonchev–Trinajstić information content (AvgIpc) is 4.18. The summed E-state index contributed by atoms with van der Waals surface area (Å²) in [6.07, 6.45) is 21.8. The van der Waals surface area contributed by atoms with Gasteiger partial charge in [0.05, 0.1) is 12.4 Å². The molecule has 0 bridgehead atoms. The van der Waals surface area contributed by atoms with Crippen LogP contribution in [0.5, 0.6) is 0 Å². The molecule has 0 spiro atoms. The average molecular weight is 805 g/mol. The van der Waals surface area contributed by atoms with Crippen molar-refractivity contribution < 1.29 is 14.3 Å². The molecule has 1 N–H and O–H groups in total. The van der Waals surface area contributed by atoms with Gasteiger partial charge in [0, 0.05) is 103 Å². The fraction of sp³-hybridized carbons (Fsp3) is 0.408. The van der Waals surface area contributed by atoms with Crippen LogP contribution in [0.2, 0.25) is 0 Å². The predicted octanol–water partition coefficient (Wildman–Crippen LogP) is 9.18. The Morgan fingerprint density at radius 2 is 1.25 bits per heavy atom. The summed E-state index contributed by atoms with van der Waals surface area (Å²) < 4.78 is 20.4. The van der Waals surface area contributed by atoms with Gasteiger partial charge in [-0.25, -0.2) is 9.36 Å². The van der Waals surface area contributed by atoms with Gasteiger partial charge < -0.3 is 28.8 Å². The second kappa shape index (κ2) is 17.6. The molecule has 7 aromatic rings. The molecule has 11 rings (SSSR count). The number of hydrogen-bond donors (Lipinski definition) is 1. The van der Waals surface area contributed by atoms with Gasteiger partial charge in [-0.3, -0.25) is 4.79 Å². The lowest BCUT2D eigenvalue weighted by atomic mass is 10.1. The number of rotatable bonds is 9. The third kappa shape index (κ3) is 8.44. The molecule has 1 amide bonds. The van der Waals surface area contributed by atoms with E-state index in [0.29, 0.717) is 5.92 Å². The topological polar surface area (TPSA) is 96.3 Å². The van der Waals surface area contributed by atoms with Crippen molar-refractivity contribution >= 4 is 27.7 Å². The lowest BCUT2D eigenvalue weighted by Crippen LogP contribution is -2.29. The molecule has 4 saturated heterocycles. The van der Waals surface area contributed by atoms with Crippen LogP contribution in [0.1, 0.15) is 74.2 Å². The van der Waals surface area contributed by atoms with Gasteiger partial charge in [0.2, 0.25) is 0 Å². The zero-order valence-electron chi connectivity index (χ0n) is 34.4. The highest BCUT2D eigenvalue weighted by molar-refractivity contribution is 5.94. The van der Waals surface area contributed by atoms with Crippen molar-refractivity contribution in [2.24, 2.45) is 11.8 Å². The van der Waals surface area contributed by atoms with Crippen LogP contribution in [0.4, 0.5) is 0 Å². The Morgan fingerprint density at radius 3 is 1.80 bits per heavy atom. The second-order valence-corrected chi connectivity index (χ2v) is 17.2. The van der Waals surface area contributed by atoms with Crippen LogP contribution in [-0.2, 0) is 22.6 Å². The van der Waals surface area contributed by atoms with Gasteiger partial charge in [-0.15, -0.1) is 0 Å². The lowest BCUT2D eigenvalue weighted by molar-refractivity contribution is -0.0395. The number of nitrogens with one attached hydrogen (secondary N) is 1. The molecule has 4 atom stereocenters. The lowest BCUT2D eigenvalue weighted by Gasteiger charge is -2.22. The molecule has 4 unspecified atom stereocenters. The molecule has 4 aromatic heterocycles. The SMILES string of the molecule is O=C(c1ccccc1)N1CCC(Cn2ccc3cc(-c4cnn(C5CCCCO5)c4)ccc32)C1.c1cc2c(ccn2CC2CCNC2)cc1-c1cnn(C2CCCCO2)c1. The monoisotopic (exact) mass is 804 g/mol. The second-order valence-electron chi connectivity index (χ2n) is 17.2. The first-order valence-electron chi connectivity index (χ1n) is 22.2. The normalized spacial score (nSPS) is 22.0. The molecule has 3 aromatic carbocycles. The smallest absolute Gasteiger partial charge is 0.253 e. The van der Waals surface area contributed by atoms with Crippen LogP contribution in [0.15, 0.2) is 116 Å². The van der Waals surface area contributed by atoms with Crippen molar-refractivity contribution in [2.75, 3.05) is 39.4 Å². The molecule has 4 aliphatic heterocycles.